The highest BCUT2D eigenvalue weighted by atomic mass is 35.5. The number of hydrogen-bond donors (Lipinski definition) is 1. The summed E-state index contributed by atoms with van der Waals surface area (Å²) in [6, 6.07) is 7.41. The van der Waals surface area contributed by atoms with E-state index >= 15 is 0 Å². The van der Waals surface area contributed by atoms with Crippen molar-refractivity contribution in [3.8, 4) is 0 Å². The van der Waals surface area contributed by atoms with Crippen LogP contribution in [0, 0.1) is 0 Å². The standard InChI is InChI=1S/C10H9ClO/c11-10-6-4-9(5-7-10)3-1-2-8-12/h2-7,12H,8H2. The van der Waals surface area contributed by atoms with Crippen LogP contribution in [0.1, 0.15) is 5.56 Å². The van der Waals surface area contributed by atoms with Crippen LogP contribution in [0.2, 0.25) is 5.02 Å². The Kier molecular flexibility index (Phi) is 3.62. The normalized spacial score (nSPS) is 8.83. The van der Waals surface area contributed by atoms with E-state index < -0.39 is 0 Å². The molecule has 0 heterocycles. The van der Waals surface area contributed by atoms with Gasteiger partial charge in [-0.2, -0.15) is 0 Å². The second-order valence-corrected chi connectivity index (χ2v) is 2.69. The van der Waals surface area contributed by atoms with Gasteiger partial charge in [0, 0.05) is 5.02 Å². The Bertz CT molecular complexity index is 294. The third-order valence-corrected chi connectivity index (χ3v) is 1.58. The lowest BCUT2D eigenvalue weighted by Gasteiger charge is -1.90. The maximum absolute atomic E-state index is 8.43. The minimum atomic E-state index is 0.0179. The summed E-state index contributed by atoms with van der Waals surface area (Å²) in [5.41, 5.74) is 3.85. The molecular weight excluding hydrogens is 172 g/mol. The number of benzene rings is 1. The Labute approximate surface area is 76.6 Å². The van der Waals surface area contributed by atoms with Crippen molar-refractivity contribution < 1.29 is 5.11 Å². The van der Waals surface area contributed by atoms with Crippen molar-refractivity contribution in [1.29, 1.82) is 0 Å². The number of aliphatic hydroxyl groups excluding tert-OH is 1. The molecule has 0 aliphatic carbocycles. The molecule has 1 aromatic rings. The molecule has 0 radical (unpaired) electrons. The van der Waals surface area contributed by atoms with Gasteiger partial charge in [-0.05, 0) is 29.8 Å². The van der Waals surface area contributed by atoms with Gasteiger partial charge in [0.2, 0.25) is 0 Å². The highest BCUT2D eigenvalue weighted by Gasteiger charge is 1.85. The number of aliphatic hydroxyl groups is 1. The zero-order valence-corrected chi connectivity index (χ0v) is 7.25. The third-order valence-electron chi connectivity index (χ3n) is 1.33. The lowest BCUT2D eigenvalue weighted by atomic mass is 10.2. The predicted octanol–water partition coefficient (Wildman–Crippen LogP) is 2.50. The summed E-state index contributed by atoms with van der Waals surface area (Å²) in [5, 5.41) is 9.15. The minimum absolute atomic E-state index is 0.0179. The van der Waals surface area contributed by atoms with Crippen molar-refractivity contribution in [2.75, 3.05) is 6.61 Å². The van der Waals surface area contributed by atoms with Crippen molar-refractivity contribution in [2.45, 2.75) is 0 Å². The quantitative estimate of drug-likeness (QED) is 0.694. The molecule has 62 valence electrons. The monoisotopic (exact) mass is 180 g/mol. The average Bonchev–Trinajstić information content (AvgIpc) is 2.09. The molecule has 2 heteroatoms. The molecule has 0 fully saturated rings. The first kappa shape index (κ1) is 9.08. The Hall–Kier alpha value is -1.01. The van der Waals surface area contributed by atoms with Gasteiger partial charge in [0.05, 0.1) is 6.61 Å². The Balaban J connectivity index is 2.77. The van der Waals surface area contributed by atoms with Crippen LogP contribution in [0.4, 0.5) is 0 Å². The first-order chi connectivity index (χ1) is 5.83. The van der Waals surface area contributed by atoms with Crippen molar-refractivity contribution in [3.63, 3.8) is 0 Å². The summed E-state index contributed by atoms with van der Waals surface area (Å²) in [5.74, 6) is 0. The minimum Gasteiger partial charge on any atom is -0.392 e. The zero-order valence-electron chi connectivity index (χ0n) is 6.50. The van der Waals surface area contributed by atoms with Gasteiger partial charge >= 0.3 is 0 Å². The molecule has 12 heavy (non-hydrogen) atoms. The van der Waals surface area contributed by atoms with E-state index in [-0.39, 0.29) is 6.61 Å². The second kappa shape index (κ2) is 4.78. The third kappa shape index (κ3) is 2.93. The molecule has 0 amide bonds. The predicted molar refractivity (Wildman–Crippen MR) is 51.1 cm³/mol. The molecule has 0 saturated heterocycles. The summed E-state index contributed by atoms with van der Waals surface area (Å²) >= 11 is 5.69. The van der Waals surface area contributed by atoms with Crippen molar-refractivity contribution in [3.05, 3.63) is 46.7 Å². The number of hydrogen-bond acceptors (Lipinski definition) is 1. The summed E-state index contributed by atoms with van der Waals surface area (Å²) in [6.45, 7) is 0.0179. The van der Waals surface area contributed by atoms with Gasteiger partial charge in [-0.15, -0.1) is 5.73 Å². The fraction of sp³-hybridized carbons (Fsp3) is 0.100. The van der Waals surface area contributed by atoms with Gasteiger partial charge in [0.15, 0.2) is 0 Å². The molecule has 0 atom stereocenters. The summed E-state index contributed by atoms with van der Waals surface area (Å²) in [4.78, 5) is 0. The Morgan fingerprint density at radius 1 is 1.33 bits per heavy atom. The molecule has 0 spiro atoms. The molecule has 1 nitrogen and oxygen atoms in total. The van der Waals surface area contributed by atoms with E-state index in [1.807, 2.05) is 24.3 Å². The topological polar surface area (TPSA) is 20.2 Å². The van der Waals surface area contributed by atoms with Crippen LogP contribution in [-0.4, -0.2) is 11.7 Å². The maximum Gasteiger partial charge on any atom is 0.0686 e. The maximum atomic E-state index is 8.43. The Morgan fingerprint density at radius 2 is 2.00 bits per heavy atom. The summed E-state index contributed by atoms with van der Waals surface area (Å²) in [7, 11) is 0. The SMILES string of the molecule is OCC=C=Cc1ccc(Cl)cc1. The molecule has 1 aromatic carbocycles. The number of halogens is 1. The molecule has 0 aromatic heterocycles. The van der Waals surface area contributed by atoms with Gasteiger partial charge < -0.3 is 5.11 Å². The van der Waals surface area contributed by atoms with Gasteiger partial charge in [-0.1, -0.05) is 23.7 Å². The molecular formula is C10H9ClO. The first-order valence-corrected chi connectivity index (χ1v) is 3.98. The van der Waals surface area contributed by atoms with E-state index in [0.29, 0.717) is 0 Å². The van der Waals surface area contributed by atoms with Crippen molar-refractivity contribution in [2.24, 2.45) is 0 Å². The molecule has 0 unspecified atom stereocenters. The van der Waals surface area contributed by atoms with E-state index in [2.05, 4.69) is 5.73 Å². The van der Waals surface area contributed by atoms with Crippen molar-refractivity contribution in [1.82, 2.24) is 0 Å². The average molecular weight is 181 g/mol. The van der Waals surface area contributed by atoms with Crippen molar-refractivity contribution >= 4 is 17.7 Å². The van der Waals surface area contributed by atoms with Gasteiger partial charge in [-0.25, -0.2) is 0 Å². The van der Waals surface area contributed by atoms with Crippen LogP contribution >= 0.6 is 11.6 Å². The van der Waals surface area contributed by atoms with E-state index in [0.717, 1.165) is 10.6 Å². The summed E-state index contributed by atoms with van der Waals surface area (Å²) in [6.07, 6.45) is 3.33. The first-order valence-electron chi connectivity index (χ1n) is 3.60. The van der Waals surface area contributed by atoms with E-state index in [1.165, 1.54) is 0 Å². The highest BCUT2D eigenvalue weighted by molar-refractivity contribution is 6.30. The lowest BCUT2D eigenvalue weighted by Crippen LogP contribution is -1.69. The lowest BCUT2D eigenvalue weighted by molar-refractivity contribution is 0.343. The van der Waals surface area contributed by atoms with Gasteiger partial charge in [-0.3, -0.25) is 0 Å². The smallest absolute Gasteiger partial charge is 0.0686 e. The summed E-state index contributed by atoms with van der Waals surface area (Å²) < 4.78 is 0. The molecule has 1 rings (SSSR count). The van der Waals surface area contributed by atoms with E-state index in [1.54, 1.807) is 12.2 Å². The van der Waals surface area contributed by atoms with E-state index in [9.17, 15) is 0 Å². The fourth-order valence-electron chi connectivity index (χ4n) is 0.767. The van der Waals surface area contributed by atoms with Crippen LogP contribution in [0.15, 0.2) is 36.1 Å². The van der Waals surface area contributed by atoms with Gasteiger partial charge in [0.1, 0.15) is 0 Å². The molecule has 0 bridgehead atoms. The molecule has 1 N–H and O–H groups in total. The van der Waals surface area contributed by atoms with Crippen LogP contribution in [-0.2, 0) is 0 Å². The van der Waals surface area contributed by atoms with Gasteiger partial charge in [0.25, 0.3) is 0 Å². The fourth-order valence-corrected chi connectivity index (χ4v) is 0.893. The van der Waals surface area contributed by atoms with Crippen LogP contribution < -0.4 is 0 Å². The van der Waals surface area contributed by atoms with Crippen LogP contribution in [0.3, 0.4) is 0 Å². The molecule has 0 saturated carbocycles. The van der Waals surface area contributed by atoms with Crippen LogP contribution in [0.5, 0.6) is 0 Å². The Morgan fingerprint density at radius 3 is 2.58 bits per heavy atom. The van der Waals surface area contributed by atoms with Crippen LogP contribution in [0.25, 0.3) is 6.08 Å². The molecule has 0 aliphatic rings. The van der Waals surface area contributed by atoms with E-state index in [4.69, 9.17) is 16.7 Å². The highest BCUT2D eigenvalue weighted by Crippen LogP contribution is 2.09. The number of rotatable bonds is 2. The second-order valence-electron chi connectivity index (χ2n) is 2.25. The molecule has 0 aliphatic heterocycles. The zero-order chi connectivity index (χ0) is 8.81. The largest absolute Gasteiger partial charge is 0.392 e.